The number of halogens is 2. The molecule has 0 bridgehead atoms. The fourth-order valence-corrected chi connectivity index (χ4v) is 3.75. The van der Waals surface area contributed by atoms with Crippen LogP contribution in [0.15, 0.2) is 46.8 Å². The fraction of sp³-hybridized carbons (Fsp3) is 0.450. The lowest BCUT2D eigenvalue weighted by Gasteiger charge is -2.35. The maximum atomic E-state index is 13.4. The van der Waals surface area contributed by atoms with Gasteiger partial charge in [0.05, 0.1) is 25.8 Å². The molecule has 0 amide bonds. The quantitative estimate of drug-likeness (QED) is 0.334. The minimum atomic E-state index is -0.210. The van der Waals surface area contributed by atoms with E-state index in [1.54, 1.807) is 11.3 Å². The van der Waals surface area contributed by atoms with Gasteiger partial charge in [0, 0.05) is 31.1 Å². The summed E-state index contributed by atoms with van der Waals surface area (Å²) in [5, 5.41) is 8.83. The first-order chi connectivity index (χ1) is 13.3. The number of hydrogen-bond donors (Lipinski definition) is 2. The van der Waals surface area contributed by atoms with Crippen molar-refractivity contribution in [3.63, 3.8) is 0 Å². The Kier molecular flexibility index (Phi) is 10.2. The zero-order valence-corrected chi connectivity index (χ0v) is 19.2. The van der Waals surface area contributed by atoms with E-state index in [0.29, 0.717) is 13.1 Å². The Morgan fingerprint density at radius 1 is 1.21 bits per heavy atom. The lowest BCUT2D eigenvalue weighted by molar-refractivity contribution is 0.0170. The molecule has 5 nitrogen and oxygen atoms in total. The summed E-state index contributed by atoms with van der Waals surface area (Å²) in [4.78, 5) is 8.30. The van der Waals surface area contributed by atoms with E-state index < -0.39 is 0 Å². The van der Waals surface area contributed by atoms with Crippen molar-refractivity contribution in [1.82, 2.24) is 15.5 Å². The largest absolute Gasteiger partial charge is 0.379 e. The molecule has 0 spiro atoms. The van der Waals surface area contributed by atoms with Crippen molar-refractivity contribution in [2.45, 2.75) is 19.5 Å². The van der Waals surface area contributed by atoms with Crippen LogP contribution in [-0.4, -0.2) is 50.3 Å². The van der Waals surface area contributed by atoms with Crippen molar-refractivity contribution in [3.05, 3.63) is 58.0 Å². The summed E-state index contributed by atoms with van der Waals surface area (Å²) < 4.78 is 18.9. The highest BCUT2D eigenvalue weighted by molar-refractivity contribution is 14.0. The van der Waals surface area contributed by atoms with E-state index in [9.17, 15) is 4.39 Å². The Bertz CT molecular complexity index is 706. The van der Waals surface area contributed by atoms with E-state index >= 15 is 0 Å². The average Bonchev–Trinajstić information content (AvgIpc) is 3.22. The van der Waals surface area contributed by atoms with E-state index in [-0.39, 0.29) is 35.8 Å². The van der Waals surface area contributed by atoms with Crippen LogP contribution in [0.25, 0.3) is 0 Å². The summed E-state index contributed by atoms with van der Waals surface area (Å²) in [6, 6.07) is 11.1. The first-order valence-electron chi connectivity index (χ1n) is 9.38. The van der Waals surface area contributed by atoms with Gasteiger partial charge in [0.1, 0.15) is 5.82 Å². The third-order valence-corrected chi connectivity index (χ3v) is 5.38. The fourth-order valence-electron chi connectivity index (χ4n) is 3.13. The Labute approximate surface area is 187 Å². The molecule has 0 radical (unpaired) electrons. The molecule has 1 aromatic carbocycles. The minimum absolute atomic E-state index is 0. The highest BCUT2D eigenvalue weighted by atomic mass is 127. The molecule has 2 heterocycles. The van der Waals surface area contributed by atoms with Crippen LogP contribution >= 0.6 is 35.3 Å². The molecule has 154 valence electrons. The minimum Gasteiger partial charge on any atom is -0.379 e. The number of guanidine groups is 1. The first-order valence-corrected chi connectivity index (χ1v) is 10.3. The van der Waals surface area contributed by atoms with Crippen molar-refractivity contribution < 1.29 is 9.13 Å². The van der Waals surface area contributed by atoms with Crippen LogP contribution in [0.2, 0.25) is 0 Å². The highest BCUT2D eigenvalue weighted by Gasteiger charge is 2.23. The maximum absolute atomic E-state index is 13.4. The standard InChI is InChI=1S/C20H27FN4OS.HI/c1-2-22-20(23-14-18-4-3-13-27-18)24-15-19(25-9-11-26-12-10-25)16-5-7-17(21)8-6-16;/h3-8,13,19H,2,9-12,14-15H2,1H3,(H2,22,23,24);1H. The van der Waals surface area contributed by atoms with Gasteiger partial charge in [-0.05, 0) is 36.1 Å². The van der Waals surface area contributed by atoms with Crippen molar-refractivity contribution in [2.75, 3.05) is 39.4 Å². The average molecular weight is 518 g/mol. The molecule has 8 heteroatoms. The normalized spacial score (nSPS) is 16.3. The zero-order valence-electron chi connectivity index (χ0n) is 16.1. The molecular formula is C20H28FIN4OS. The molecule has 0 aliphatic carbocycles. The lowest BCUT2D eigenvalue weighted by atomic mass is 10.0. The van der Waals surface area contributed by atoms with Gasteiger partial charge in [-0.1, -0.05) is 18.2 Å². The third-order valence-electron chi connectivity index (χ3n) is 4.52. The Hall–Kier alpha value is -1.23. The molecule has 0 saturated carbocycles. The molecule has 1 aliphatic rings. The number of aliphatic imine (C=N–C) groups is 1. The van der Waals surface area contributed by atoms with Gasteiger partial charge in [0.15, 0.2) is 5.96 Å². The molecule has 1 unspecified atom stereocenters. The predicted molar refractivity (Wildman–Crippen MR) is 124 cm³/mol. The number of hydrogen-bond acceptors (Lipinski definition) is 4. The van der Waals surface area contributed by atoms with Crippen molar-refractivity contribution in [3.8, 4) is 0 Å². The number of morpholine rings is 1. The summed E-state index contributed by atoms with van der Waals surface area (Å²) in [7, 11) is 0. The van der Waals surface area contributed by atoms with E-state index in [0.717, 1.165) is 44.4 Å². The van der Waals surface area contributed by atoms with E-state index in [1.165, 1.54) is 17.0 Å². The van der Waals surface area contributed by atoms with Crippen LogP contribution in [0.5, 0.6) is 0 Å². The summed E-state index contributed by atoms with van der Waals surface area (Å²) in [6.07, 6.45) is 0. The highest BCUT2D eigenvalue weighted by Crippen LogP contribution is 2.21. The SMILES string of the molecule is CCNC(=NCc1cccs1)NCC(c1ccc(F)cc1)N1CCOCC1.I. The van der Waals surface area contributed by atoms with Gasteiger partial charge in [-0.2, -0.15) is 0 Å². The maximum Gasteiger partial charge on any atom is 0.191 e. The number of nitrogens with one attached hydrogen (secondary N) is 2. The van der Waals surface area contributed by atoms with Crippen LogP contribution in [0, 0.1) is 5.82 Å². The Morgan fingerprint density at radius 3 is 2.61 bits per heavy atom. The van der Waals surface area contributed by atoms with E-state index in [4.69, 9.17) is 4.74 Å². The van der Waals surface area contributed by atoms with Crippen LogP contribution in [0.4, 0.5) is 4.39 Å². The topological polar surface area (TPSA) is 48.9 Å². The second-order valence-corrected chi connectivity index (χ2v) is 7.40. The van der Waals surface area contributed by atoms with Crippen LogP contribution in [-0.2, 0) is 11.3 Å². The van der Waals surface area contributed by atoms with Gasteiger partial charge in [0.25, 0.3) is 0 Å². The Morgan fingerprint density at radius 2 is 1.96 bits per heavy atom. The number of rotatable bonds is 7. The van der Waals surface area contributed by atoms with E-state index in [2.05, 4.69) is 38.9 Å². The van der Waals surface area contributed by atoms with Gasteiger partial charge in [-0.3, -0.25) is 4.90 Å². The number of nitrogens with zero attached hydrogens (tertiary/aromatic N) is 2. The number of ether oxygens (including phenoxy) is 1. The predicted octanol–water partition coefficient (Wildman–Crippen LogP) is 3.63. The van der Waals surface area contributed by atoms with Crippen molar-refractivity contribution in [2.24, 2.45) is 4.99 Å². The van der Waals surface area contributed by atoms with Gasteiger partial charge < -0.3 is 15.4 Å². The lowest BCUT2D eigenvalue weighted by Crippen LogP contribution is -2.46. The van der Waals surface area contributed by atoms with E-state index in [1.807, 2.05) is 18.2 Å². The van der Waals surface area contributed by atoms with Gasteiger partial charge >= 0.3 is 0 Å². The van der Waals surface area contributed by atoms with Crippen LogP contribution in [0.1, 0.15) is 23.4 Å². The molecule has 1 aromatic heterocycles. The molecule has 1 saturated heterocycles. The van der Waals surface area contributed by atoms with Crippen molar-refractivity contribution >= 4 is 41.3 Å². The second-order valence-electron chi connectivity index (χ2n) is 6.37. The number of thiophene rings is 1. The second kappa shape index (κ2) is 12.4. The third kappa shape index (κ3) is 6.98. The Balaban J connectivity index is 0.00000280. The number of benzene rings is 1. The van der Waals surface area contributed by atoms with Crippen LogP contribution in [0.3, 0.4) is 0 Å². The molecule has 28 heavy (non-hydrogen) atoms. The van der Waals surface area contributed by atoms with Gasteiger partial charge in [-0.15, -0.1) is 35.3 Å². The summed E-state index contributed by atoms with van der Waals surface area (Å²) in [5.74, 6) is 0.588. The summed E-state index contributed by atoms with van der Waals surface area (Å²) in [5.41, 5.74) is 1.10. The molecule has 2 aromatic rings. The molecule has 1 atom stereocenters. The molecule has 1 fully saturated rings. The summed E-state index contributed by atoms with van der Waals surface area (Å²) >= 11 is 1.71. The summed E-state index contributed by atoms with van der Waals surface area (Å²) in [6.45, 7) is 7.40. The zero-order chi connectivity index (χ0) is 18.9. The van der Waals surface area contributed by atoms with Crippen molar-refractivity contribution in [1.29, 1.82) is 0 Å². The monoisotopic (exact) mass is 518 g/mol. The molecule has 1 aliphatic heterocycles. The molecular weight excluding hydrogens is 490 g/mol. The van der Waals surface area contributed by atoms with Gasteiger partial charge in [-0.25, -0.2) is 9.38 Å². The van der Waals surface area contributed by atoms with Crippen LogP contribution < -0.4 is 10.6 Å². The molecule has 2 N–H and O–H groups in total. The molecule has 3 rings (SSSR count). The van der Waals surface area contributed by atoms with Gasteiger partial charge in [0.2, 0.25) is 0 Å². The first kappa shape index (κ1) is 23.1. The smallest absolute Gasteiger partial charge is 0.191 e.